The van der Waals surface area contributed by atoms with Crippen LogP contribution in [0, 0.1) is 6.92 Å². The van der Waals surface area contributed by atoms with E-state index in [2.05, 4.69) is 56.2 Å². The van der Waals surface area contributed by atoms with Gasteiger partial charge in [-0.15, -0.1) is 0 Å². The average molecular weight is 276 g/mol. The first-order valence-electron chi connectivity index (χ1n) is 7.62. The number of benzene rings is 1. The number of rotatable bonds is 4. The quantitative estimate of drug-likeness (QED) is 0.914. The molecule has 1 aliphatic heterocycles. The molecule has 1 fully saturated rings. The third-order valence-corrected chi connectivity index (χ3v) is 4.55. The van der Waals surface area contributed by atoms with Crippen LogP contribution < -0.4 is 10.1 Å². The molecule has 0 saturated carbocycles. The van der Waals surface area contributed by atoms with E-state index in [0.29, 0.717) is 18.1 Å². The topological polar surface area (TPSA) is 24.5 Å². The van der Waals surface area contributed by atoms with Gasteiger partial charge in [0.05, 0.1) is 7.11 Å². The summed E-state index contributed by atoms with van der Waals surface area (Å²) in [5.41, 5.74) is 2.55. The van der Waals surface area contributed by atoms with Gasteiger partial charge in [-0.1, -0.05) is 17.7 Å². The zero-order chi connectivity index (χ0) is 14.7. The van der Waals surface area contributed by atoms with E-state index < -0.39 is 0 Å². The minimum absolute atomic E-state index is 0.324. The van der Waals surface area contributed by atoms with Crippen LogP contribution in [0.2, 0.25) is 0 Å². The lowest BCUT2D eigenvalue weighted by Gasteiger charge is -2.37. The standard InChI is InChI=1S/C17H28N2O/c1-12-6-7-17(20-5)16(10-12)14(3)18-15-8-9-19(4)13(2)11-15/h6-7,10,13-15,18H,8-9,11H2,1-5H3. The summed E-state index contributed by atoms with van der Waals surface area (Å²) in [5, 5.41) is 3.78. The first kappa shape index (κ1) is 15.3. The number of aryl methyl sites for hydroxylation is 1. The molecule has 3 unspecified atom stereocenters. The van der Waals surface area contributed by atoms with E-state index >= 15 is 0 Å². The van der Waals surface area contributed by atoms with Gasteiger partial charge in [0.25, 0.3) is 0 Å². The van der Waals surface area contributed by atoms with Gasteiger partial charge in [0, 0.05) is 23.7 Å². The van der Waals surface area contributed by atoms with E-state index in [9.17, 15) is 0 Å². The Bertz CT molecular complexity index is 447. The van der Waals surface area contributed by atoms with Crippen molar-refractivity contribution in [3.05, 3.63) is 29.3 Å². The fraction of sp³-hybridized carbons (Fsp3) is 0.647. The van der Waals surface area contributed by atoms with Crippen molar-refractivity contribution in [3.8, 4) is 5.75 Å². The van der Waals surface area contributed by atoms with Crippen molar-refractivity contribution in [3.63, 3.8) is 0 Å². The first-order valence-corrected chi connectivity index (χ1v) is 7.62. The maximum atomic E-state index is 5.50. The molecule has 0 spiro atoms. The minimum atomic E-state index is 0.324. The molecule has 3 heteroatoms. The summed E-state index contributed by atoms with van der Waals surface area (Å²) >= 11 is 0. The Labute approximate surface area is 123 Å². The summed E-state index contributed by atoms with van der Waals surface area (Å²) in [5.74, 6) is 0.983. The number of hydrogen-bond donors (Lipinski definition) is 1. The second-order valence-corrected chi connectivity index (χ2v) is 6.18. The van der Waals surface area contributed by atoms with Crippen LogP contribution in [0.15, 0.2) is 18.2 Å². The summed E-state index contributed by atoms with van der Waals surface area (Å²) in [7, 11) is 3.96. The summed E-state index contributed by atoms with van der Waals surface area (Å²) in [6, 6.07) is 7.99. The van der Waals surface area contributed by atoms with Gasteiger partial charge in [0.1, 0.15) is 5.75 Å². The van der Waals surface area contributed by atoms with Gasteiger partial charge >= 0.3 is 0 Å². The van der Waals surface area contributed by atoms with Gasteiger partial charge in [-0.3, -0.25) is 0 Å². The molecule has 3 atom stereocenters. The van der Waals surface area contributed by atoms with Gasteiger partial charge in [0.2, 0.25) is 0 Å². The minimum Gasteiger partial charge on any atom is -0.496 e. The van der Waals surface area contributed by atoms with Crippen LogP contribution in [-0.2, 0) is 0 Å². The Morgan fingerprint density at radius 3 is 2.80 bits per heavy atom. The molecule has 0 aromatic heterocycles. The number of nitrogens with zero attached hydrogens (tertiary/aromatic N) is 1. The van der Waals surface area contributed by atoms with Crippen LogP contribution >= 0.6 is 0 Å². The van der Waals surface area contributed by atoms with Crippen molar-refractivity contribution in [2.45, 2.75) is 51.7 Å². The normalized spacial score (nSPS) is 25.4. The highest BCUT2D eigenvalue weighted by Gasteiger charge is 2.24. The number of methoxy groups -OCH3 is 1. The van der Waals surface area contributed by atoms with Crippen molar-refractivity contribution in [1.29, 1.82) is 0 Å². The third kappa shape index (κ3) is 3.53. The van der Waals surface area contributed by atoms with E-state index in [1.165, 1.54) is 30.5 Å². The zero-order valence-electron chi connectivity index (χ0n) is 13.4. The Balaban J connectivity index is 2.04. The number of hydrogen-bond acceptors (Lipinski definition) is 3. The average Bonchev–Trinajstić information content (AvgIpc) is 2.43. The molecule has 1 heterocycles. The van der Waals surface area contributed by atoms with Crippen LogP contribution in [0.5, 0.6) is 5.75 Å². The van der Waals surface area contributed by atoms with E-state index in [0.717, 1.165) is 5.75 Å². The largest absolute Gasteiger partial charge is 0.496 e. The molecule has 2 rings (SSSR count). The Morgan fingerprint density at radius 2 is 2.15 bits per heavy atom. The lowest BCUT2D eigenvalue weighted by atomic mass is 9.96. The van der Waals surface area contributed by atoms with Crippen molar-refractivity contribution in [2.24, 2.45) is 0 Å². The second kappa shape index (κ2) is 6.59. The Kier molecular flexibility index (Phi) is 5.06. The Hall–Kier alpha value is -1.06. The van der Waals surface area contributed by atoms with Gasteiger partial charge in [-0.25, -0.2) is 0 Å². The second-order valence-electron chi connectivity index (χ2n) is 6.18. The zero-order valence-corrected chi connectivity index (χ0v) is 13.4. The van der Waals surface area contributed by atoms with Crippen molar-refractivity contribution >= 4 is 0 Å². The number of piperidine rings is 1. The maximum Gasteiger partial charge on any atom is 0.123 e. The number of nitrogens with one attached hydrogen (secondary N) is 1. The van der Waals surface area contributed by atoms with E-state index in [1.807, 2.05) is 0 Å². The molecule has 112 valence electrons. The van der Waals surface area contributed by atoms with Gasteiger partial charge in [-0.2, -0.15) is 0 Å². The van der Waals surface area contributed by atoms with Gasteiger partial charge in [0.15, 0.2) is 0 Å². The molecule has 0 aliphatic carbocycles. The summed E-state index contributed by atoms with van der Waals surface area (Å²) in [6.07, 6.45) is 2.44. The monoisotopic (exact) mass is 276 g/mol. The van der Waals surface area contributed by atoms with E-state index in [1.54, 1.807) is 7.11 Å². The number of likely N-dealkylation sites (tertiary alicyclic amines) is 1. The van der Waals surface area contributed by atoms with E-state index in [-0.39, 0.29) is 0 Å². The summed E-state index contributed by atoms with van der Waals surface area (Å²) in [4.78, 5) is 2.44. The molecule has 1 N–H and O–H groups in total. The molecular weight excluding hydrogens is 248 g/mol. The predicted molar refractivity (Wildman–Crippen MR) is 84.4 cm³/mol. The van der Waals surface area contributed by atoms with Crippen LogP contribution in [0.1, 0.15) is 43.9 Å². The smallest absolute Gasteiger partial charge is 0.123 e. The predicted octanol–water partition coefficient (Wildman–Crippen LogP) is 3.14. The first-order chi connectivity index (χ1) is 9.51. The molecule has 1 aromatic rings. The highest BCUT2D eigenvalue weighted by Crippen LogP contribution is 2.27. The highest BCUT2D eigenvalue weighted by atomic mass is 16.5. The van der Waals surface area contributed by atoms with Crippen molar-refractivity contribution in [2.75, 3.05) is 20.7 Å². The molecule has 0 amide bonds. The summed E-state index contributed by atoms with van der Waals surface area (Å²) in [6.45, 7) is 7.86. The maximum absolute atomic E-state index is 5.50. The van der Waals surface area contributed by atoms with Crippen molar-refractivity contribution < 1.29 is 4.74 Å². The number of ether oxygens (including phenoxy) is 1. The van der Waals surface area contributed by atoms with Crippen LogP contribution in [0.25, 0.3) is 0 Å². The molecule has 0 bridgehead atoms. The van der Waals surface area contributed by atoms with Crippen molar-refractivity contribution in [1.82, 2.24) is 10.2 Å². The highest BCUT2D eigenvalue weighted by molar-refractivity contribution is 5.38. The molecule has 1 aromatic carbocycles. The molecular formula is C17H28N2O. The Morgan fingerprint density at radius 1 is 1.40 bits per heavy atom. The lowest BCUT2D eigenvalue weighted by Crippen LogP contribution is -2.46. The fourth-order valence-corrected chi connectivity index (χ4v) is 3.08. The van der Waals surface area contributed by atoms with Crippen LogP contribution in [-0.4, -0.2) is 37.7 Å². The van der Waals surface area contributed by atoms with Gasteiger partial charge in [-0.05, 0) is 53.3 Å². The fourth-order valence-electron chi connectivity index (χ4n) is 3.08. The molecule has 1 aliphatic rings. The summed E-state index contributed by atoms with van der Waals surface area (Å²) < 4.78 is 5.50. The third-order valence-electron chi connectivity index (χ3n) is 4.55. The molecule has 0 radical (unpaired) electrons. The SMILES string of the molecule is COc1ccc(C)cc1C(C)NC1CCN(C)C(C)C1. The van der Waals surface area contributed by atoms with Crippen LogP contribution in [0.3, 0.4) is 0 Å². The molecule has 1 saturated heterocycles. The van der Waals surface area contributed by atoms with E-state index in [4.69, 9.17) is 4.74 Å². The van der Waals surface area contributed by atoms with Crippen LogP contribution in [0.4, 0.5) is 0 Å². The molecule has 3 nitrogen and oxygen atoms in total. The lowest BCUT2D eigenvalue weighted by molar-refractivity contribution is 0.163. The molecule has 20 heavy (non-hydrogen) atoms. The van der Waals surface area contributed by atoms with Gasteiger partial charge < -0.3 is 15.0 Å².